The molecule has 0 saturated heterocycles. The van der Waals surface area contributed by atoms with Crippen LogP contribution in [0, 0.1) is 17.5 Å². The van der Waals surface area contributed by atoms with Gasteiger partial charge in [0.05, 0.1) is 0 Å². The molecule has 0 spiro atoms. The third-order valence-corrected chi connectivity index (χ3v) is 5.15. The number of pyridine rings is 1. The Morgan fingerprint density at radius 3 is 2.30 bits per heavy atom. The van der Waals surface area contributed by atoms with Gasteiger partial charge in [-0.05, 0) is 12.8 Å². The van der Waals surface area contributed by atoms with Crippen LogP contribution in [0.2, 0.25) is 0 Å². The molecule has 0 radical (unpaired) electrons. The molecule has 10 heteroatoms. The number of halogens is 3. The minimum absolute atomic E-state index is 0.192. The highest BCUT2D eigenvalue weighted by Crippen LogP contribution is 2.32. The van der Waals surface area contributed by atoms with Crippen molar-refractivity contribution >= 4 is 11.8 Å². The van der Waals surface area contributed by atoms with E-state index < -0.39 is 58.1 Å². The van der Waals surface area contributed by atoms with Crippen LogP contribution in [0.15, 0.2) is 23.1 Å². The molecule has 7 nitrogen and oxygen atoms in total. The van der Waals surface area contributed by atoms with Gasteiger partial charge in [0.1, 0.15) is 23.0 Å². The predicted molar refractivity (Wildman–Crippen MR) is 101 cm³/mol. The second-order valence-corrected chi connectivity index (χ2v) is 7.02. The minimum atomic E-state index is -1.19. The average Bonchev–Trinajstić information content (AvgIpc) is 3.22. The first-order chi connectivity index (χ1) is 14.2. The molecule has 1 aromatic carbocycles. The molecule has 1 aromatic heterocycles. The fourth-order valence-corrected chi connectivity index (χ4v) is 3.60. The molecule has 160 valence electrons. The maximum Gasteiger partial charge on any atom is 0.271 e. The smallest absolute Gasteiger partial charge is 0.271 e. The predicted octanol–water partition coefficient (Wildman–Crippen LogP) is 2.38. The van der Waals surface area contributed by atoms with Crippen molar-refractivity contribution in [1.82, 2.24) is 15.2 Å². The molecule has 0 aliphatic heterocycles. The summed E-state index contributed by atoms with van der Waals surface area (Å²) < 4.78 is 42.0. The van der Waals surface area contributed by atoms with Crippen LogP contribution in [-0.4, -0.2) is 28.5 Å². The van der Waals surface area contributed by atoms with E-state index in [0.29, 0.717) is 25.0 Å². The topological polar surface area (TPSA) is 100 Å². The molecule has 30 heavy (non-hydrogen) atoms. The summed E-state index contributed by atoms with van der Waals surface area (Å²) in [6, 6.07) is 0.755. The van der Waals surface area contributed by atoms with E-state index in [-0.39, 0.29) is 11.7 Å². The number of rotatable bonds is 5. The van der Waals surface area contributed by atoms with Crippen molar-refractivity contribution < 1.29 is 27.9 Å². The van der Waals surface area contributed by atoms with Crippen LogP contribution in [0.25, 0.3) is 0 Å². The van der Waals surface area contributed by atoms with Gasteiger partial charge in [-0.15, -0.1) is 0 Å². The number of hydrogen-bond acceptors (Lipinski definition) is 4. The van der Waals surface area contributed by atoms with Crippen LogP contribution >= 0.6 is 0 Å². The van der Waals surface area contributed by atoms with Gasteiger partial charge >= 0.3 is 0 Å². The van der Waals surface area contributed by atoms with E-state index in [1.54, 1.807) is 0 Å². The summed E-state index contributed by atoms with van der Waals surface area (Å²) in [5.74, 6) is -6.03. The Kier molecular flexibility index (Phi) is 6.14. The third-order valence-electron chi connectivity index (χ3n) is 5.15. The van der Waals surface area contributed by atoms with Gasteiger partial charge < -0.3 is 20.3 Å². The van der Waals surface area contributed by atoms with E-state index in [4.69, 9.17) is 0 Å². The number of aromatic nitrogens is 1. The van der Waals surface area contributed by atoms with Crippen LogP contribution in [0.1, 0.15) is 58.1 Å². The molecule has 1 fully saturated rings. The first kappa shape index (κ1) is 21.4. The fourth-order valence-electron chi connectivity index (χ4n) is 3.60. The molecule has 1 heterocycles. The lowest BCUT2D eigenvalue weighted by Gasteiger charge is -2.21. The highest BCUT2D eigenvalue weighted by Gasteiger charge is 2.28. The molecule has 3 N–H and O–H groups in total. The lowest BCUT2D eigenvalue weighted by molar-refractivity contribution is 0.0930. The Bertz CT molecular complexity index is 1040. The van der Waals surface area contributed by atoms with E-state index in [1.807, 2.05) is 0 Å². The highest BCUT2D eigenvalue weighted by molar-refractivity contribution is 5.98. The number of nitrogens with one attached hydrogen (secondary N) is 2. The SMILES string of the molecule is CNC(=O)c1c(O)c(=O)c(C(=O)NCc2c(F)cc(F)cc2F)cn1C1CCCC1. The molecule has 2 amide bonds. The average molecular weight is 423 g/mol. The molecule has 0 atom stereocenters. The van der Waals surface area contributed by atoms with Crippen molar-refractivity contribution in [2.75, 3.05) is 7.05 Å². The van der Waals surface area contributed by atoms with Gasteiger partial charge in [0.15, 0.2) is 11.4 Å². The van der Waals surface area contributed by atoms with Crippen molar-refractivity contribution in [1.29, 1.82) is 0 Å². The van der Waals surface area contributed by atoms with Gasteiger partial charge in [-0.1, -0.05) is 12.8 Å². The van der Waals surface area contributed by atoms with Gasteiger partial charge in [-0.3, -0.25) is 14.4 Å². The number of amides is 2. The van der Waals surface area contributed by atoms with Crippen molar-refractivity contribution in [2.45, 2.75) is 38.3 Å². The Morgan fingerprint density at radius 2 is 1.73 bits per heavy atom. The molecule has 2 aromatic rings. The molecular formula is C20H20F3N3O4. The van der Waals surface area contributed by atoms with Crippen molar-refractivity contribution in [3.8, 4) is 5.75 Å². The summed E-state index contributed by atoms with van der Waals surface area (Å²) >= 11 is 0. The normalized spacial score (nSPS) is 14.0. The van der Waals surface area contributed by atoms with E-state index in [9.17, 15) is 32.7 Å². The van der Waals surface area contributed by atoms with Crippen LogP contribution in [0.3, 0.4) is 0 Å². The number of aromatic hydroxyl groups is 1. The summed E-state index contributed by atoms with van der Waals surface area (Å²) in [6.45, 7) is -0.641. The van der Waals surface area contributed by atoms with Gasteiger partial charge in [0.2, 0.25) is 5.43 Å². The summed E-state index contributed by atoms with van der Waals surface area (Å²) in [5, 5.41) is 14.9. The molecule has 3 rings (SSSR count). The van der Waals surface area contributed by atoms with Crippen LogP contribution in [0.5, 0.6) is 5.75 Å². The van der Waals surface area contributed by atoms with Crippen LogP contribution in [-0.2, 0) is 6.54 Å². The Labute approximate surface area is 169 Å². The maximum absolute atomic E-state index is 13.8. The van der Waals surface area contributed by atoms with Gasteiger partial charge in [-0.2, -0.15) is 0 Å². The third kappa shape index (κ3) is 4.03. The van der Waals surface area contributed by atoms with Crippen molar-refractivity contribution in [2.24, 2.45) is 0 Å². The molecule has 1 aliphatic rings. The van der Waals surface area contributed by atoms with Crippen LogP contribution < -0.4 is 16.1 Å². The number of carbonyl (C=O) groups excluding carboxylic acids is 2. The molecule has 0 unspecified atom stereocenters. The van der Waals surface area contributed by atoms with E-state index in [1.165, 1.54) is 17.8 Å². The standard InChI is InChI=1S/C20H20F3N3O4/c1-24-20(30)16-18(28)17(27)13(9-26(16)11-4-2-3-5-11)19(29)25-8-12-14(22)6-10(21)7-15(12)23/h6-7,9,11,28H,2-5,8H2,1H3,(H,24,30)(H,25,29). The number of carbonyl (C=O) groups is 2. The fraction of sp³-hybridized carbons (Fsp3) is 0.350. The second-order valence-electron chi connectivity index (χ2n) is 7.02. The highest BCUT2D eigenvalue weighted by atomic mass is 19.1. The van der Waals surface area contributed by atoms with E-state index >= 15 is 0 Å². The van der Waals surface area contributed by atoms with Crippen LogP contribution in [0.4, 0.5) is 13.2 Å². The van der Waals surface area contributed by atoms with Crippen molar-refractivity contribution in [3.63, 3.8) is 0 Å². The largest absolute Gasteiger partial charge is 0.503 e. The molecule has 0 bridgehead atoms. The number of benzene rings is 1. The lowest BCUT2D eigenvalue weighted by atomic mass is 10.1. The zero-order chi connectivity index (χ0) is 22.0. The van der Waals surface area contributed by atoms with Gasteiger partial charge in [0.25, 0.3) is 11.8 Å². The molecule has 1 saturated carbocycles. The number of nitrogens with zero attached hydrogens (tertiary/aromatic N) is 1. The van der Waals surface area contributed by atoms with Gasteiger partial charge in [0, 0.05) is 43.5 Å². The second kappa shape index (κ2) is 8.60. The molecular weight excluding hydrogens is 403 g/mol. The number of hydrogen-bond donors (Lipinski definition) is 3. The first-order valence-electron chi connectivity index (χ1n) is 9.36. The monoisotopic (exact) mass is 423 g/mol. The van der Waals surface area contributed by atoms with Gasteiger partial charge in [-0.25, -0.2) is 13.2 Å². The van der Waals surface area contributed by atoms with Crippen molar-refractivity contribution in [3.05, 3.63) is 62.8 Å². The first-order valence-corrected chi connectivity index (χ1v) is 9.36. The zero-order valence-electron chi connectivity index (χ0n) is 16.1. The summed E-state index contributed by atoms with van der Waals surface area (Å²) in [6.07, 6.45) is 4.33. The Hall–Kier alpha value is -3.30. The van der Waals surface area contributed by atoms with E-state index in [2.05, 4.69) is 10.6 Å². The maximum atomic E-state index is 13.8. The quantitative estimate of drug-likeness (QED) is 0.688. The minimum Gasteiger partial charge on any atom is -0.503 e. The Balaban J connectivity index is 1.96. The summed E-state index contributed by atoms with van der Waals surface area (Å²) in [4.78, 5) is 37.3. The Morgan fingerprint density at radius 1 is 1.13 bits per heavy atom. The molecule has 1 aliphatic carbocycles. The summed E-state index contributed by atoms with van der Waals surface area (Å²) in [5.41, 5.74) is -2.39. The zero-order valence-corrected chi connectivity index (χ0v) is 16.1. The van der Waals surface area contributed by atoms with E-state index in [0.717, 1.165) is 12.8 Å². The summed E-state index contributed by atoms with van der Waals surface area (Å²) in [7, 11) is 1.34. The lowest BCUT2D eigenvalue weighted by Crippen LogP contribution is -2.33.